The number of aryl methyl sites for hydroxylation is 1. The summed E-state index contributed by atoms with van der Waals surface area (Å²) in [5.41, 5.74) is 3.57. The van der Waals surface area contributed by atoms with Gasteiger partial charge in [-0.1, -0.05) is 5.16 Å². The molecule has 0 aliphatic carbocycles. The van der Waals surface area contributed by atoms with Gasteiger partial charge in [-0.3, -0.25) is 0 Å². The molecule has 1 N–H and O–H groups in total. The molecule has 1 aromatic carbocycles. The number of nitrogens with zero attached hydrogens (tertiary/aromatic N) is 2. The molecule has 0 unspecified atom stereocenters. The first-order valence-corrected chi connectivity index (χ1v) is 5.00. The van der Waals surface area contributed by atoms with Gasteiger partial charge >= 0.3 is 0 Å². The van der Waals surface area contributed by atoms with Crippen LogP contribution in [0.25, 0.3) is 11.4 Å². The van der Waals surface area contributed by atoms with Crippen molar-refractivity contribution in [3.63, 3.8) is 0 Å². The fraction of sp³-hybridized carbons (Fsp3) is 0.273. The largest absolute Gasteiger partial charge is 0.384 e. The van der Waals surface area contributed by atoms with E-state index < -0.39 is 0 Å². The van der Waals surface area contributed by atoms with Crippen LogP contribution in [0.15, 0.2) is 22.7 Å². The third kappa shape index (κ3) is 1.38. The maximum atomic E-state index is 4.96. The van der Waals surface area contributed by atoms with E-state index in [1.54, 1.807) is 6.92 Å². The zero-order valence-corrected chi connectivity index (χ0v) is 8.45. The van der Waals surface area contributed by atoms with Crippen LogP contribution in [0.2, 0.25) is 0 Å². The Morgan fingerprint density at radius 3 is 3.13 bits per heavy atom. The van der Waals surface area contributed by atoms with Gasteiger partial charge in [0.2, 0.25) is 11.7 Å². The molecule has 0 atom stereocenters. The number of nitrogens with one attached hydrogen (secondary N) is 1. The van der Waals surface area contributed by atoms with Crippen LogP contribution in [-0.2, 0) is 6.42 Å². The van der Waals surface area contributed by atoms with Gasteiger partial charge in [-0.25, -0.2) is 0 Å². The standard InChI is InChI=1S/C11H11N3O/c1-7-13-11(14-15-7)9-2-3-10-8(6-9)4-5-12-10/h2-3,6,12H,4-5H2,1H3. The summed E-state index contributed by atoms with van der Waals surface area (Å²) in [6, 6.07) is 6.21. The Morgan fingerprint density at radius 1 is 1.40 bits per heavy atom. The highest BCUT2D eigenvalue weighted by atomic mass is 16.5. The van der Waals surface area contributed by atoms with Gasteiger partial charge in [0.05, 0.1) is 0 Å². The van der Waals surface area contributed by atoms with E-state index in [0.717, 1.165) is 18.5 Å². The highest BCUT2D eigenvalue weighted by Gasteiger charge is 2.12. The summed E-state index contributed by atoms with van der Waals surface area (Å²) in [5.74, 6) is 1.27. The normalized spacial score (nSPS) is 13.7. The predicted molar refractivity (Wildman–Crippen MR) is 56.7 cm³/mol. The molecule has 15 heavy (non-hydrogen) atoms. The van der Waals surface area contributed by atoms with Crippen molar-refractivity contribution in [1.82, 2.24) is 10.1 Å². The SMILES string of the molecule is Cc1nc(-c2ccc3c(c2)CCN3)no1. The second-order valence-corrected chi connectivity index (χ2v) is 3.69. The van der Waals surface area contributed by atoms with Gasteiger partial charge in [0.25, 0.3) is 0 Å². The molecule has 1 aliphatic heterocycles. The highest BCUT2D eigenvalue weighted by molar-refractivity contribution is 5.65. The second kappa shape index (κ2) is 3.08. The summed E-state index contributed by atoms with van der Waals surface area (Å²) in [6.45, 7) is 2.81. The molecule has 4 nitrogen and oxygen atoms in total. The van der Waals surface area contributed by atoms with Crippen molar-refractivity contribution in [2.45, 2.75) is 13.3 Å². The molecule has 3 rings (SSSR count). The molecular formula is C11H11N3O. The van der Waals surface area contributed by atoms with Crippen LogP contribution in [0.4, 0.5) is 5.69 Å². The molecule has 4 heteroatoms. The number of fused-ring (bicyclic) bond motifs is 1. The first-order chi connectivity index (χ1) is 7.33. The predicted octanol–water partition coefficient (Wildman–Crippen LogP) is 2.01. The quantitative estimate of drug-likeness (QED) is 0.766. The zero-order valence-electron chi connectivity index (χ0n) is 8.45. The maximum Gasteiger partial charge on any atom is 0.223 e. The first kappa shape index (κ1) is 8.47. The zero-order chi connectivity index (χ0) is 10.3. The summed E-state index contributed by atoms with van der Waals surface area (Å²) in [4.78, 5) is 4.21. The second-order valence-electron chi connectivity index (χ2n) is 3.69. The molecule has 0 saturated carbocycles. The van der Waals surface area contributed by atoms with Gasteiger partial charge in [-0.05, 0) is 30.2 Å². The van der Waals surface area contributed by atoms with Crippen molar-refractivity contribution >= 4 is 5.69 Å². The van der Waals surface area contributed by atoms with Gasteiger partial charge in [-0.15, -0.1) is 0 Å². The fourth-order valence-corrected chi connectivity index (χ4v) is 1.86. The van der Waals surface area contributed by atoms with Crippen LogP contribution < -0.4 is 5.32 Å². The summed E-state index contributed by atoms with van der Waals surface area (Å²) >= 11 is 0. The lowest BCUT2D eigenvalue weighted by Gasteiger charge is -2.00. The average Bonchev–Trinajstić information content (AvgIpc) is 2.84. The molecule has 0 amide bonds. The number of benzene rings is 1. The van der Waals surface area contributed by atoms with Crippen LogP contribution in [0, 0.1) is 6.92 Å². The molecule has 1 aromatic heterocycles. The van der Waals surface area contributed by atoms with Crippen LogP contribution in [-0.4, -0.2) is 16.7 Å². The summed E-state index contributed by atoms with van der Waals surface area (Å²) < 4.78 is 4.96. The number of anilines is 1. The summed E-state index contributed by atoms with van der Waals surface area (Å²) in [7, 11) is 0. The maximum absolute atomic E-state index is 4.96. The molecule has 1 aliphatic rings. The molecule has 0 spiro atoms. The van der Waals surface area contributed by atoms with Crippen molar-refractivity contribution in [2.24, 2.45) is 0 Å². The van der Waals surface area contributed by atoms with Crippen molar-refractivity contribution in [2.75, 3.05) is 11.9 Å². The van der Waals surface area contributed by atoms with E-state index in [1.807, 2.05) is 6.07 Å². The van der Waals surface area contributed by atoms with E-state index in [4.69, 9.17) is 4.52 Å². The summed E-state index contributed by atoms with van der Waals surface area (Å²) in [5, 5.41) is 7.22. The van der Waals surface area contributed by atoms with Crippen LogP contribution in [0.1, 0.15) is 11.5 Å². The highest BCUT2D eigenvalue weighted by Crippen LogP contribution is 2.26. The van der Waals surface area contributed by atoms with E-state index in [1.165, 1.54) is 11.3 Å². The third-order valence-corrected chi connectivity index (χ3v) is 2.60. The van der Waals surface area contributed by atoms with E-state index in [2.05, 4.69) is 27.6 Å². The molecule has 0 saturated heterocycles. The summed E-state index contributed by atoms with van der Waals surface area (Å²) in [6.07, 6.45) is 1.07. The molecule has 0 radical (unpaired) electrons. The fourth-order valence-electron chi connectivity index (χ4n) is 1.86. The van der Waals surface area contributed by atoms with Crippen LogP contribution >= 0.6 is 0 Å². The van der Waals surface area contributed by atoms with Gasteiger partial charge < -0.3 is 9.84 Å². The average molecular weight is 201 g/mol. The lowest BCUT2D eigenvalue weighted by Crippen LogP contribution is -1.90. The Morgan fingerprint density at radius 2 is 2.33 bits per heavy atom. The van der Waals surface area contributed by atoms with E-state index in [9.17, 15) is 0 Å². The number of aromatic nitrogens is 2. The van der Waals surface area contributed by atoms with Gasteiger partial charge in [-0.2, -0.15) is 4.98 Å². The topological polar surface area (TPSA) is 51.0 Å². The molecule has 0 fully saturated rings. The van der Waals surface area contributed by atoms with Crippen molar-refractivity contribution < 1.29 is 4.52 Å². The number of hydrogen-bond acceptors (Lipinski definition) is 4. The Bertz CT molecular complexity index is 504. The van der Waals surface area contributed by atoms with Gasteiger partial charge in [0.15, 0.2) is 0 Å². The smallest absolute Gasteiger partial charge is 0.223 e. The van der Waals surface area contributed by atoms with Crippen molar-refractivity contribution in [3.05, 3.63) is 29.7 Å². The van der Waals surface area contributed by atoms with E-state index in [0.29, 0.717) is 11.7 Å². The Balaban J connectivity index is 2.06. The number of hydrogen-bond donors (Lipinski definition) is 1. The lowest BCUT2D eigenvalue weighted by molar-refractivity contribution is 0.394. The minimum Gasteiger partial charge on any atom is -0.384 e. The Kier molecular flexibility index (Phi) is 1.74. The molecular weight excluding hydrogens is 190 g/mol. The number of rotatable bonds is 1. The van der Waals surface area contributed by atoms with Crippen LogP contribution in [0.3, 0.4) is 0 Å². The van der Waals surface area contributed by atoms with Gasteiger partial charge in [0, 0.05) is 24.7 Å². The first-order valence-electron chi connectivity index (χ1n) is 5.00. The van der Waals surface area contributed by atoms with Crippen LogP contribution in [0.5, 0.6) is 0 Å². The molecule has 2 heterocycles. The molecule has 0 bridgehead atoms. The third-order valence-electron chi connectivity index (χ3n) is 2.60. The van der Waals surface area contributed by atoms with Crippen molar-refractivity contribution in [1.29, 1.82) is 0 Å². The van der Waals surface area contributed by atoms with Crippen molar-refractivity contribution in [3.8, 4) is 11.4 Å². The molecule has 76 valence electrons. The monoisotopic (exact) mass is 201 g/mol. The van der Waals surface area contributed by atoms with E-state index >= 15 is 0 Å². The minimum absolute atomic E-state index is 0.601. The van der Waals surface area contributed by atoms with Gasteiger partial charge in [0.1, 0.15) is 0 Å². The van der Waals surface area contributed by atoms with E-state index in [-0.39, 0.29) is 0 Å². The lowest BCUT2D eigenvalue weighted by atomic mass is 10.1. The Labute approximate surface area is 87.3 Å². The Hall–Kier alpha value is -1.84. The minimum atomic E-state index is 0.601. The molecule has 2 aromatic rings.